The van der Waals surface area contributed by atoms with Gasteiger partial charge in [-0.25, -0.2) is 4.79 Å². The molecule has 4 heteroatoms. The van der Waals surface area contributed by atoms with E-state index < -0.39 is 6.09 Å². The number of alkyl carbamates (subject to hydrolysis) is 1. The van der Waals surface area contributed by atoms with Crippen LogP contribution in [0.25, 0.3) is 5.69 Å². The molecule has 2 aromatic rings. The van der Waals surface area contributed by atoms with E-state index in [1.165, 1.54) is 22.5 Å². The zero-order chi connectivity index (χ0) is 14.3. The molecule has 0 spiro atoms. The molecule has 0 bridgehead atoms. The molecule has 2 heterocycles. The molecule has 0 fully saturated rings. The average Bonchev–Trinajstić information content (AvgIpc) is 2.95. The highest BCUT2D eigenvalue weighted by Gasteiger charge is 2.25. The van der Waals surface area contributed by atoms with Crippen molar-refractivity contribution in [1.29, 1.82) is 0 Å². The number of amides is 1. The highest BCUT2D eigenvalue weighted by atomic mass is 16.5. The molecule has 0 atom stereocenters. The predicted molar refractivity (Wildman–Crippen MR) is 77.3 cm³/mol. The molecule has 1 aromatic carbocycles. The molecule has 1 amide bonds. The minimum atomic E-state index is -0.393. The molecule has 0 aliphatic carbocycles. The van der Waals surface area contributed by atoms with E-state index in [0.717, 1.165) is 17.7 Å². The summed E-state index contributed by atoms with van der Waals surface area (Å²) in [6, 6.07) is 8.44. The van der Waals surface area contributed by atoms with Crippen molar-refractivity contribution in [3.8, 4) is 5.69 Å². The number of benzene rings is 1. The lowest BCUT2D eigenvalue weighted by molar-refractivity contribution is 0.141. The normalized spacial score (nSPS) is 11.9. The SMILES string of the molecule is CNC(=O)OCc1c(C)c2n(c1C)-c1ccccc1C2. The first-order valence-corrected chi connectivity index (χ1v) is 6.76. The summed E-state index contributed by atoms with van der Waals surface area (Å²) in [6.07, 6.45) is 0.554. The van der Waals surface area contributed by atoms with Gasteiger partial charge >= 0.3 is 6.09 Å². The average molecular weight is 270 g/mol. The van der Waals surface area contributed by atoms with Crippen molar-refractivity contribution in [3.05, 3.63) is 52.3 Å². The summed E-state index contributed by atoms with van der Waals surface area (Å²) >= 11 is 0. The fraction of sp³-hybridized carbons (Fsp3) is 0.312. The second-order valence-electron chi connectivity index (χ2n) is 5.10. The number of carbonyl (C=O) groups is 1. The Bertz CT molecular complexity index is 686. The standard InChI is InChI=1S/C16H18N2O2/c1-10-13(9-20-16(19)17-3)11(2)18-14-7-5-4-6-12(14)8-15(10)18/h4-7H,8-9H2,1-3H3,(H,17,19). The molecule has 20 heavy (non-hydrogen) atoms. The van der Waals surface area contributed by atoms with Gasteiger partial charge in [-0.15, -0.1) is 0 Å². The summed E-state index contributed by atoms with van der Waals surface area (Å²) in [5, 5.41) is 2.47. The van der Waals surface area contributed by atoms with E-state index in [4.69, 9.17) is 4.74 Å². The van der Waals surface area contributed by atoms with E-state index in [1.54, 1.807) is 7.05 Å². The summed E-state index contributed by atoms with van der Waals surface area (Å²) < 4.78 is 7.49. The Morgan fingerprint density at radius 3 is 2.85 bits per heavy atom. The van der Waals surface area contributed by atoms with Gasteiger partial charge in [0, 0.05) is 36.1 Å². The number of rotatable bonds is 2. The van der Waals surface area contributed by atoms with Gasteiger partial charge in [-0.05, 0) is 31.0 Å². The molecule has 1 N–H and O–H groups in total. The van der Waals surface area contributed by atoms with Gasteiger partial charge in [0.05, 0.1) is 0 Å². The molecule has 104 valence electrons. The number of fused-ring (bicyclic) bond motifs is 3. The van der Waals surface area contributed by atoms with Gasteiger partial charge in [-0.1, -0.05) is 18.2 Å². The van der Waals surface area contributed by atoms with Crippen molar-refractivity contribution in [2.24, 2.45) is 0 Å². The van der Waals surface area contributed by atoms with Crippen LogP contribution >= 0.6 is 0 Å². The van der Waals surface area contributed by atoms with E-state index in [9.17, 15) is 4.79 Å². The summed E-state index contributed by atoms with van der Waals surface area (Å²) in [7, 11) is 1.57. The van der Waals surface area contributed by atoms with E-state index in [1.807, 2.05) is 0 Å². The van der Waals surface area contributed by atoms with Crippen molar-refractivity contribution in [3.63, 3.8) is 0 Å². The lowest BCUT2D eigenvalue weighted by Gasteiger charge is -2.08. The number of carbonyl (C=O) groups excluding carboxylic acids is 1. The van der Waals surface area contributed by atoms with Crippen molar-refractivity contribution >= 4 is 6.09 Å². The monoisotopic (exact) mass is 270 g/mol. The number of aromatic nitrogens is 1. The van der Waals surface area contributed by atoms with Gasteiger partial charge in [-0.2, -0.15) is 0 Å². The number of hydrogen-bond acceptors (Lipinski definition) is 2. The third kappa shape index (κ3) is 1.80. The van der Waals surface area contributed by atoms with Gasteiger partial charge in [0.1, 0.15) is 6.61 Å². The predicted octanol–water partition coefficient (Wildman–Crippen LogP) is 2.85. The fourth-order valence-electron chi connectivity index (χ4n) is 2.97. The molecule has 0 radical (unpaired) electrons. The largest absolute Gasteiger partial charge is 0.445 e. The number of nitrogens with one attached hydrogen (secondary N) is 1. The Morgan fingerprint density at radius 2 is 2.10 bits per heavy atom. The van der Waals surface area contributed by atoms with E-state index in [-0.39, 0.29) is 0 Å². The first-order chi connectivity index (χ1) is 9.63. The molecule has 3 rings (SSSR count). The molecular weight excluding hydrogens is 252 g/mol. The third-order valence-electron chi connectivity index (χ3n) is 4.07. The van der Waals surface area contributed by atoms with E-state index in [2.05, 4.69) is 48.0 Å². The molecule has 0 saturated heterocycles. The lowest BCUT2D eigenvalue weighted by atomic mass is 10.1. The van der Waals surface area contributed by atoms with Crippen LogP contribution in [0, 0.1) is 13.8 Å². The number of ether oxygens (including phenoxy) is 1. The van der Waals surface area contributed by atoms with Gasteiger partial charge in [0.25, 0.3) is 0 Å². The third-order valence-corrected chi connectivity index (χ3v) is 4.07. The van der Waals surface area contributed by atoms with Crippen LogP contribution in [0.5, 0.6) is 0 Å². The van der Waals surface area contributed by atoms with Gasteiger partial charge in [0.2, 0.25) is 0 Å². The number of hydrogen-bond donors (Lipinski definition) is 1. The smallest absolute Gasteiger partial charge is 0.407 e. The Morgan fingerprint density at radius 1 is 1.35 bits per heavy atom. The van der Waals surface area contributed by atoms with Crippen molar-refractivity contribution in [2.75, 3.05) is 7.05 Å². The maximum absolute atomic E-state index is 11.2. The molecule has 1 aliphatic rings. The first kappa shape index (κ1) is 12.8. The number of para-hydroxylation sites is 1. The Kier molecular flexibility index (Phi) is 3.01. The fourth-order valence-corrected chi connectivity index (χ4v) is 2.97. The summed E-state index contributed by atoms with van der Waals surface area (Å²) in [5.41, 5.74) is 7.40. The minimum absolute atomic E-state index is 0.319. The van der Waals surface area contributed by atoms with Crippen molar-refractivity contribution in [1.82, 2.24) is 9.88 Å². The zero-order valence-corrected chi connectivity index (χ0v) is 12.0. The lowest BCUT2D eigenvalue weighted by Crippen LogP contribution is -2.19. The maximum atomic E-state index is 11.2. The van der Waals surface area contributed by atoms with Crippen LogP contribution in [0.4, 0.5) is 4.79 Å². The van der Waals surface area contributed by atoms with Gasteiger partial charge in [0.15, 0.2) is 0 Å². The molecule has 0 saturated carbocycles. The van der Waals surface area contributed by atoms with Crippen LogP contribution in [0.3, 0.4) is 0 Å². The van der Waals surface area contributed by atoms with Crippen LogP contribution in [-0.2, 0) is 17.8 Å². The van der Waals surface area contributed by atoms with E-state index in [0.29, 0.717) is 6.61 Å². The number of nitrogens with zero attached hydrogens (tertiary/aromatic N) is 1. The Hall–Kier alpha value is -2.23. The van der Waals surface area contributed by atoms with Crippen LogP contribution in [0.2, 0.25) is 0 Å². The second kappa shape index (κ2) is 4.71. The topological polar surface area (TPSA) is 43.3 Å². The van der Waals surface area contributed by atoms with Crippen LogP contribution < -0.4 is 5.32 Å². The van der Waals surface area contributed by atoms with Crippen LogP contribution in [0.1, 0.15) is 28.1 Å². The van der Waals surface area contributed by atoms with Crippen molar-refractivity contribution < 1.29 is 9.53 Å². The highest BCUT2D eigenvalue weighted by Crippen LogP contribution is 2.35. The zero-order valence-electron chi connectivity index (χ0n) is 12.0. The van der Waals surface area contributed by atoms with Gasteiger partial charge < -0.3 is 14.6 Å². The van der Waals surface area contributed by atoms with E-state index >= 15 is 0 Å². The molecule has 4 nitrogen and oxygen atoms in total. The second-order valence-corrected chi connectivity index (χ2v) is 5.10. The molecule has 1 aliphatic heterocycles. The highest BCUT2D eigenvalue weighted by molar-refractivity contribution is 5.67. The maximum Gasteiger partial charge on any atom is 0.407 e. The van der Waals surface area contributed by atoms with Gasteiger partial charge in [-0.3, -0.25) is 0 Å². The minimum Gasteiger partial charge on any atom is -0.445 e. The quantitative estimate of drug-likeness (QED) is 0.778. The molecule has 0 unspecified atom stereocenters. The van der Waals surface area contributed by atoms with Crippen LogP contribution in [-0.4, -0.2) is 17.7 Å². The Balaban J connectivity index is 2.00. The summed E-state index contributed by atoms with van der Waals surface area (Å²) in [6.45, 7) is 4.51. The van der Waals surface area contributed by atoms with Crippen LogP contribution in [0.15, 0.2) is 24.3 Å². The molecule has 1 aromatic heterocycles. The molecular formula is C16H18N2O2. The Labute approximate surface area is 118 Å². The summed E-state index contributed by atoms with van der Waals surface area (Å²) in [5.74, 6) is 0. The summed E-state index contributed by atoms with van der Waals surface area (Å²) in [4.78, 5) is 11.2. The first-order valence-electron chi connectivity index (χ1n) is 6.76. The van der Waals surface area contributed by atoms with Crippen molar-refractivity contribution in [2.45, 2.75) is 26.9 Å².